The number of benzene rings is 1. The summed E-state index contributed by atoms with van der Waals surface area (Å²) in [6, 6.07) is 6.56. The van der Waals surface area contributed by atoms with Crippen molar-refractivity contribution in [2.24, 2.45) is 0 Å². The van der Waals surface area contributed by atoms with Gasteiger partial charge in [-0.2, -0.15) is 0 Å². The molecule has 0 bridgehead atoms. The van der Waals surface area contributed by atoms with Crippen LogP contribution in [0.4, 0.5) is 9.18 Å². The highest BCUT2D eigenvalue weighted by molar-refractivity contribution is 5.68. The molecule has 1 fully saturated rings. The number of nitrogens with zero attached hydrogens (tertiary/aromatic N) is 1. The number of halogens is 1. The van der Waals surface area contributed by atoms with Crippen molar-refractivity contribution < 1.29 is 18.7 Å². The summed E-state index contributed by atoms with van der Waals surface area (Å²) in [5.74, 6) is -0.266. The fraction of sp³-hybridized carbons (Fsp3) is 0.588. The van der Waals surface area contributed by atoms with Crippen LogP contribution in [-0.2, 0) is 16.1 Å². The van der Waals surface area contributed by atoms with E-state index in [0.29, 0.717) is 18.7 Å². The van der Waals surface area contributed by atoms with Crippen LogP contribution < -0.4 is 0 Å². The summed E-state index contributed by atoms with van der Waals surface area (Å²) in [6.07, 6.45) is 1.52. The quantitative estimate of drug-likeness (QED) is 0.850. The fourth-order valence-electron chi connectivity index (χ4n) is 2.49. The van der Waals surface area contributed by atoms with Crippen molar-refractivity contribution >= 4 is 6.09 Å². The Bertz CT molecular complexity index is 513. The number of carbonyl (C=O) groups is 1. The summed E-state index contributed by atoms with van der Waals surface area (Å²) in [4.78, 5) is 13.9. The minimum Gasteiger partial charge on any atom is -0.444 e. The molecule has 1 aromatic carbocycles. The van der Waals surface area contributed by atoms with E-state index in [1.807, 2.05) is 20.8 Å². The van der Waals surface area contributed by atoms with Crippen LogP contribution in [0.25, 0.3) is 0 Å². The van der Waals surface area contributed by atoms with Crippen molar-refractivity contribution in [3.8, 4) is 0 Å². The Labute approximate surface area is 131 Å². The van der Waals surface area contributed by atoms with E-state index in [4.69, 9.17) is 9.47 Å². The smallest absolute Gasteiger partial charge is 0.410 e. The molecule has 1 amide bonds. The minimum atomic E-state index is -0.502. The van der Waals surface area contributed by atoms with Gasteiger partial charge in [-0.05, 0) is 39.7 Å². The van der Waals surface area contributed by atoms with E-state index >= 15 is 0 Å². The Morgan fingerprint density at radius 3 is 2.77 bits per heavy atom. The summed E-state index contributed by atoms with van der Waals surface area (Å²) in [5.41, 5.74) is 0.0300. The van der Waals surface area contributed by atoms with Crippen LogP contribution in [0.1, 0.15) is 39.2 Å². The van der Waals surface area contributed by atoms with Gasteiger partial charge < -0.3 is 14.4 Å². The molecular formula is C17H24FNO3. The van der Waals surface area contributed by atoms with Crippen molar-refractivity contribution in [2.45, 2.75) is 51.9 Å². The number of ether oxygens (including phenoxy) is 2. The first kappa shape index (κ1) is 16.7. The monoisotopic (exact) mass is 309 g/mol. The molecule has 22 heavy (non-hydrogen) atoms. The van der Waals surface area contributed by atoms with Gasteiger partial charge in [0.1, 0.15) is 11.4 Å². The predicted molar refractivity (Wildman–Crippen MR) is 82.0 cm³/mol. The maximum atomic E-state index is 13.5. The van der Waals surface area contributed by atoms with Crippen LogP contribution in [0.15, 0.2) is 24.3 Å². The van der Waals surface area contributed by atoms with Crippen LogP contribution in [0, 0.1) is 5.82 Å². The second kappa shape index (κ2) is 7.09. The molecule has 0 spiro atoms. The van der Waals surface area contributed by atoms with Crippen LogP contribution >= 0.6 is 0 Å². The molecule has 0 radical (unpaired) electrons. The van der Waals surface area contributed by atoms with Crippen LogP contribution in [0.5, 0.6) is 0 Å². The van der Waals surface area contributed by atoms with Gasteiger partial charge in [0.05, 0.1) is 19.3 Å². The van der Waals surface area contributed by atoms with Crippen molar-refractivity contribution in [2.75, 3.05) is 13.2 Å². The first-order chi connectivity index (χ1) is 10.4. The maximum absolute atomic E-state index is 13.5. The van der Waals surface area contributed by atoms with Crippen LogP contribution in [-0.4, -0.2) is 35.8 Å². The third-order valence-corrected chi connectivity index (χ3v) is 3.53. The molecule has 4 nitrogen and oxygen atoms in total. The Morgan fingerprint density at radius 2 is 2.09 bits per heavy atom. The first-order valence-corrected chi connectivity index (χ1v) is 7.67. The molecule has 1 atom stereocenters. The summed E-state index contributed by atoms with van der Waals surface area (Å²) in [6.45, 7) is 6.85. The summed E-state index contributed by atoms with van der Waals surface area (Å²) < 4.78 is 24.5. The highest BCUT2D eigenvalue weighted by atomic mass is 19.1. The minimum absolute atomic E-state index is 0.00150. The summed E-state index contributed by atoms with van der Waals surface area (Å²) in [7, 11) is 0. The lowest BCUT2D eigenvalue weighted by atomic mass is 10.2. The SMILES string of the molecule is CC(C)(C)OC(=O)N1CCCC1COCc1ccccc1F. The van der Waals surface area contributed by atoms with Crippen molar-refractivity contribution in [1.82, 2.24) is 4.90 Å². The fourth-order valence-corrected chi connectivity index (χ4v) is 2.49. The van der Waals surface area contributed by atoms with Gasteiger partial charge in [-0.15, -0.1) is 0 Å². The van der Waals surface area contributed by atoms with Crippen molar-refractivity contribution in [3.63, 3.8) is 0 Å². The zero-order valence-corrected chi connectivity index (χ0v) is 13.5. The van der Waals surface area contributed by atoms with Crippen molar-refractivity contribution in [3.05, 3.63) is 35.6 Å². The van der Waals surface area contributed by atoms with E-state index in [-0.39, 0.29) is 24.6 Å². The van der Waals surface area contributed by atoms with E-state index in [9.17, 15) is 9.18 Å². The lowest BCUT2D eigenvalue weighted by Crippen LogP contribution is -2.41. The summed E-state index contributed by atoms with van der Waals surface area (Å²) in [5, 5.41) is 0. The van der Waals surface area contributed by atoms with Crippen LogP contribution in [0.2, 0.25) is 0 Å². The van der Waals surface area contributed by atoms with E-state index < -0.39 is 5.60 Å². The molecule has 1 saturated heterocycles. The average molecular weight is 309 g/mol. The van der Waals surface area contributed by atoms with Gasteiger partial charge in [0.25, 0.3) is 0 Å². The van der Waals surface area contributed by atoms with Gasteiger partial charge in [0, 0.05) is 12.1 Å². The van der Waals surface area contributed by atoms with Gasteiger partial charge in [-0.25, -0.2) is 9.18 Å². The molecule has 0 aromatic heterocycles. The van der Waals surface area contributed by atoms with Crippen molar-refractivity contribution in [1.29, 1.82) is 0 Å². The Hall–Kier alpha value is -1.62. The zero-order valence-electron chi connectivity index (χ0n) is 13.5. The number of carbonyl (C=O) groups excluding carboxylic acids is 1. The van der Waals surface area contributed by atoms with E-state index in [0.717, 1.165) is 12.8 Å². The molecule has 122 valence electrons. The molecule has 1 aromatic rings. The summed E-state index contributed by atoms with van der Waals surface area (Å²) >= 11 is 0. The Morgan fingerprint density at radius 1 is 1.36 bits per heavy atom. The van der Waals surface area contributed by atoms with Gasteiger partial charge >= 0.3 is 6.09 Å². The molecule has 1 aliphatic rings. The molecular weight excluding hydrogens is 285 g/mol. The molecule has 1 heterocycles. The largest absolute Gasteiger partial charge is 0.444 e. The van der Waals surface area contributed by atoms with Gasteiger partial charge in [-0.1, -0.05) is 18.2 Å². The van der Waals surface area contributed by atoms with Gasteiger partial charge in [-0.3, -0.25) is 0 Å². The standard InChI is InChI=1S/C17H24FNO3/c1-17(2,3)22-16(20)19-10-6-8-14(19)12-21-11-13-7-4-5-9-15(13)18/h4-5,7,9,14H,6,8,10-12H2,1-3H3. The average Bonchev–Trinajstić information content (AvgIpc) is 2.87. The highest BCUT2D eigenvalue weighted by Crippen LogP contribution is 2.21. The first-order valence-electron chi connectivity index (χ1n) is 7.67. The van der Waals surface area contributed by atoms with E-state index in [2.05, 4.69) is 0 Å². The number of likely N-dealkylation sites (tertiary alicyclic amines) is 1. The Balaban J connectivity index is 1.84. The number of rotatable bonds is 4. The van der Waals surface area contributed by atoms with E-state index in [1.165, 1.54) is 6.07 Å². The highest BCUT2D eigenvalue weighted by Gasteiger charge is 2.32. The van der Waals surface area contributed by atoms with Crippen LogP contribution in [0.3, 0.4) is 0 Å². The second-order valence-electron chi connectivity index (χ2n) is 6.58. The molecule has 1 aliphatic heterocycles. The normalized spacial score (nSPS) is 18.5. The molecule has 0 aliphatic carbocycles. The third kappa shape index (κ3) is 4.70. The van der Waals surface area contributed by atoms with Gasteiger partial charge in [0.2, 0.25) is 0 Å². The molecule has 0 N–H and O–H groups in total. The topological polar surface area (TPSA) is 38.8 Å². The molecule has 1 unspecified atom stereocenters. The lowest BCUT2D eigenvalue weighted by molar-refractivity contribution is 0.00859. The number of hydrogen-bond acceptors (Lipinski definition) is 3. The maximum Gasteiger partial charge on any atom is 0.410 e. The zero-order chi connectivity index (χ0) is 16.2. The molecule has 0 saturated carbocycles. The number of amides is 1. The van der Waals surface area contributed by atoms with E-state index in [1.54, 1.807) is 23.1 Å². The molecule has 2 rings (SSSR count). The lowest BCUT2D eigenvalue weighted by Gasteiger charge is -2.28. The third-order valence-electron chi connectivity index (χ3n) is 3.53. The Kier molecular flexibility index (Phi) is 5.40. The number of hydrogen-bond donors (Lipinski definition) is 0. The second-order valence-corrected chi connectivity index (χ2v) is 6.58. The van der Waals surface area contributed by atoms with Gasteiger partial charge in [0.15, 0.2) is 0 Å². The predicted octanol–water partition coefficient (Wildman–Crippen LogP) is 3.74. The molecule has 5 heteroatoms.